The van der Waals surface area contributed by atoms with Gasteiger partial charge in [0.25, 0.3) is 11.8 Å². The van der Waals surface area contributed by atoms with Crippen molar-refractivity contribution in [1.82, 2.24) is 35.4 Å². The minimum Gasteiger partial charge on any atom is -0.477 e. The average molecular weight is 595 g/mol. The van der Waals surface area contributed by atoms with E-state index in [1.165, 1.54) is 18.0 Å². The first-order chi connectivity index (χ1) is 18.2. The summed E-state index contributed by atoms with van der Waals surface area (Å²) in [5, 5.41) is 33.0. The van der Waals surface area contributed by atoms with E-state index >= 15 is 0 Å². The number of H-pyrrole nitrogens is 1. The van der Waals surface area contributed by atoms with Gasteiger partial charge < -0.3 is 27.1 Å². The predicted octanol–water partition coefficient (Wildman–Crippen LogP) is 0.850. The number of thiazole rings is 1. The van der Waals surface area contributed by atoms with Gasteiger partial charge in [-0.05, 0) is 17.1 Å². The van der Waals surface area contributed by atoms with E-state index in [0.29, 0.717) is 21.8 Å². The number of thioether (sulfide) groups is 2. The van der Waals surface area contributed by atoms with E-state index in [1.807, 2.05) is 0 Å². The Morgan fingerprint density at radius 1 is 1.34 bits per heavy atom. The Bertz CT molecular complexity index is 1580. The van der Waals surface area contributed by atoms with E-state index in [0.717, 1.165) is 28.0 Å². The number of hydrogen-bond acceptors (Lipinski definition) is 14. The number of anilines is 2. The molecule has 3 aromatic heterocycles. The molecule has 38 heavy (non-hydrogen) atoms. The summed E-state index contributed by atoms with van der Waals surface area (Å²) in [6.07, 6.45) is 3.06. The van der Waals surface area contributed by atoms with E-state index < -0.39 is 34.9 Å². The van der Waals surface area contributed by atoms with Crippen molar-refractivity contribution in [3.05, 3.63) is 39.0 Å². The zero-order chi connectivity index (χ0) is 27.1. The van der Waals surface area contributed by atoms with Gasteiger partial charge in [0.1, 0.15) is 33.0 Å². The number of carboxylic acid groups (broad SMARTS) is 1. The molecule has 1 saturated heterocycles. The summed E-state index contributed by atoms with van der Waals surface area (Å²) in [5.74, 6) is -2.39. The zero-order valence-electron chi connectivity index (χ0n) is 18.7. The van der Waals surface area contributed by atoms with Gasteiger partial charge in [-0.15, -0.1) is 11.8 Å². The first kappa shape index (κ1) is 25.8. The van der Waals surface area contributed by atoms with Crippen LogP contribution in [0.1, 0.15) is 5.69 Å². The highest BCUT2D eigenvalue weighted by atomic mass is 35.5. The Morgan fingerprint density at radius 3 is 2.82 bits per heavy atom. The Kier molecular flexibility index (Phi) is 6.86. The number of oxime groups is 1. The fraction of sp³-hybridized carbons (Fsp3) is 0.158. The van der Waals surface area contributed by atoms with Crippen molar-refractivity contribution in [3.63, 3.8) is 0 Å². The van der Waals surface area contributed by atoms with Gasteiger partial charge in [0, 0.05) is 5.75 Å². The highest BCUT2D eigenvalue weighted by Crippen LogP contribution is 2.41. The minimum atomic E-state index is -1.31. The van der Waals surface area contributed by atoms with Crippen molar-refractivity contribution in [2.45, 2.75) is 16.6 Å². The maximum absolute atomic E-state index is 12.9. The smallest absolute Gasteiger partial charge is 0.352 e. The van der Waals surface area contributed by atoms with Gasteiger partial charge in [-0.25, -0.2) is 19.7 Å². The number of nitrogens with one attached hydrogen (secondary N) is 2. The maximum Gasteiger partial charge on any atom is 0.352 e. The second kappa shape index (κ2) is 10.1. The van der Waals surface area contributed by atoms with Crippen LogP contribution in [0.25, 0.3) is 11.0 Å². The third kappa shape index (κ3) is 4.51. The predicted molar refractivity (Wildman–Crippen MR) is 141 cm³/mol. The zero-order valence-corrected chi connectivity index (χ0v) is 21.9. The number of aromatic nitrogens is 5. The summed E-state index contributed by atoms with van der Waals surface area (Å²) in [4.78, 5) is 51.1. The molecule has 1 fully saturated rings. The number of carbonyl (C=O) groups excluding carboxylic acids is 2. The van der Waals surface area contributed by atoms with E-state index in [2.05, 4.69) is 35.6 Å². The summed E-state index contributed by atoms with van der Waals surface area (Å²) >= 11 is 9.23. The summed E-state index contributed by atoms with van der Waals surface area (Å²) < 4.78 is 0.0296. The standard InChI is InChI=1S/C19H15ClN10O5S3/c20-11-7(25-18(22)38-11)8(29-35)14(31)24-9-15(32)30-10(17(33)34)5(4-37-16(9)30)1-2-36-19-26-12(21)6-3-23-28-13(6)27-19/h1-3,9,16,35H,4H2,(H2,22,25)(H,24,31)(H,33,34)(H3,21,23,26,27,28)/b2-1+,29-8-/t9-,16-/m1/s1. The Morgan fingerprint density at radius 2 is 2.13 bits per heavy atom. The molecule has 196 valence electrons. The van der Waals surface area contributed by atoms with Crippen molar-refractivity contribution in [2.75, 3.05) is 17.2 Å². The highest BCUT2D eigenvalue weighted by molar-refractivity contribution is 8.02. The van der Waals surface area contributed by atoms with Crippen LogP contribution in [0.15, 0.2) is 39.3 Å². The number of nitrogens with two attached hydrogens (primary N) is 2. The number of allylic oxidation sites excluding steroid dienone is 1. The molecular formula is C19H15ClN10O5S3. The van der Waals surface area contributed by atoms with Crippen LogP contribution in [0.3, 0.4) is 0 Å². The van der Waals surface area contributed by atoms with E-state index in [-0.39, 0.29) is 32.4 Å². The first-order valence-corrected chi connectivity index (χ1v) is 13.5. The topological polar surface area (TPSA) is 239 Å². The number of amides is 2. The van der Waals surface area contributed by atoms with E-state index in [9.17, 15) is 24.7 Å². The molecule has 19 heteroatoms. The number of rotatable bonds is 7. The van der Waals surface area contributed by atoms with Crippen LogP contribution in [0, 0.1) is 0 Å². The molecule has 8 N–H and O–H groups in total. The number of nitrogen functional groups attached to an aromatic ring is 2. The molecule has 5 heterocycles. The van der Waals surface area contributed by atoms with Crippen LogP contribution in [0.2, 0.25) is 4.34 Å². The fourth-order valence-electron chi connectivity index (χ4n) is 3.71. The van der Waals surface area contributed by atoms with Gasteiger partial charge in [-0.2, -0.15) is 5.10 Å². The number of halogens is 1. The number of carboxylic acids is 1. The third-order valence-electron chi connectivity index (χ3n) is 5.39. The lowest BCUT2D eigenvalue weighted by atomic mass is 10.0. The van der Waals surface area contributed by atoms with Crippen LogP contribution in [0.5, 0.6) is 0 Å². The molecule has 0 aromatic carbocycles. The quantitative estimate of drug-likeness (QED) is 0.0556. The molecule has 0 unspecified atom stereocenters. The van der Waals surface area contributed by atoms with Crippen molar-refractivity contribution >= 4 is 91.9 Å². The molecule has 3 aromatic rings. The summed E-state index contributed by atoms with van der Waals surface area (Å²) in [5.41, 5.74) is 11.4. The number of carbonyl (C=O) groups is 3. The molecule has 2 aliphatic rings. The lowest BCUT2D eigenvalue weighted by Crippen LogP contribution is -2.71. The summed E-state index contributed by atoms with van der Waals surface area (Å²) in [7, 11) is 0. The fourth-order valence-corrected chi connectivity index (χ4v) is 6.61. The lowest BCUT2D eigenvalue weighted by Gasteiger charge is -2.49. The number of hydrogen-bond donors (Lipinski definition) is 6. The molecule has 0 radical (unpaired) electrons. The molecule has 15 nitrogen and oxygen atoms in total. The average Bonchev–Trinajstić information content (AvgIpc) is 3.48. The van der Waals surface area contributed by atoms with Crippen molar-refractivity contribution in [1.29, 1.82) is 0 Å². The molecule has 0 spiro atoms. The summed E-state index contributed by atoms with van der Waals surface area (Å²) in [6.45, 7) is 0. The number of aromatic amines is 1. The normalized spacial score (nSPS) is 19.7. The number of β-lactam (4-membered cyclic amide) rings is 1. The second-order valence-corrected chi connectivity index (χ2v) is 11.2. The molecule has 5 rings (SSSR count). The highest BCUT2D eigenvalue weighted by Gasteiger charge is 2.54. The van der Waals surface area contributed by atoms with Crippen LogP contribution < -0.4 is 16.8 Å². The van der Waals surface area contributed by atoms with E-state index in [1.54, 1.807) is 11.5 Å². The van der Waals surface area contributed by atoms with E-state index in [4.69, 9.17) is 23.1 Å². The molecule has 2 aliphatic heterocycles. The Balaban J connectivity index is 1.31. The Hall–Kier alpha value is -3.87. The minimum absolute atomic E-state index is 0.0296. The second-order valence-electron chi connectivity index (χ2n) is 7.61. The largest absolute Gasteiger partial charge is 0.477 e. The van der Waals surface area contributed by atoms with Crippen LogP contribution in [-0.4, -0.2) is 81.0 Å². The molecule has 0 bridgehead atoms. The van der Waals surface area contributed by atoms with Gasteiger partial charge in [0.05, 0.1) is 11.6 Å². The molecule has 0 saturated carbocycles. The Labute approximate surface area is 229 Å². The van der Waals surface area contributed by atoms with Gasteiger partial charge in [0.15, 0.2) is 21.6 Å². The van der Waals surface area contributed by atoms with Crippen LogP contribution >= 0.6 is 46.5 Å². The number of fused-ring (bicyclic) bond motifs is 2. The monoisotopic (exact) mass is 594 g/mol. The van der Waals surface area contributed by atoms with Crippen LogP contribution in [-0.2, 0) is 14.4 Å². The van der Waals surface area contributed by atoms with Crippen molar-refractivity contribution in [3.8, 4) is 0 Å². The molecule has 2 atom stereocenters. The first-order valence-electron chi connectivity index (χ1n) is 10.4. The van der Waals surface area contributed by atoms with Gasteiger partial charge in [-0.1, -0.05) is 39.9 Å². The lowest BCUT2D eigenvalue weighted by molar-refractivity contribution is -0.150. The molecular weight excluding hydrogens is 580 g/mol. The SMILES string of the molecule is Nc1nc(/C(=N/O)C(=O)N[C@@H]2C(=O)N3C(C(=O)O)=C(/C=C/Sc4nc(N)c5cn[nH]c5n4)CS[C@H]23)c(Cl)s1. The van der Waals surface area contributed by atoms with Crippen molar-refractivity contribution < 1.29 is 24.7 Å². The number of aliphatic carboxylic acids is 1. The van der Waals surface area contributed by atoms with Gasteiger partial charge in [-0.3, -0.25) is 19.6 Å². The maximum atomic E-state index is 12.9. The van der Waals surface area contributed by atoms with Crippen LogP contribution in [0.4, 0.5) is 10.9 Å². The number of nitrogens with zero attached hydrogens (tertiary/aromatic N) is 6. The third-order valence-corrected chi connectivity index (χ3v) is 8.44. The van der Waals surface area contributed by atoms with Crippen molar-refractivity contribution in [2.24, 2.45) is 5.16 Å². The van der Waals surface area contributed by atoms with Gasteiger partial charge >= 0.3 is 5.97 Å². The summed E-state index contributed by atoms with van der Waals surface area (Å²) in [6, 6.07) is -1.06. The molecule has 2 amide bonds. The molecule has 0 aliphatic carbocycles. The van der Waals surface area contributed by atoms with Gasteiger partial charge in [0.2, 0.25) is 0 Å².